The van der Waals surface area contributed by atoms with E-state index in [1.54, 1.807) is 12.1 Å². The third-order valence-corrected chi connectivity index (χ3v) is 4.37. The van der Waals surface area contributed by atoms with Crippen LogP contribution in [0.2, 0.25) is 0 Å². The lowest BCUT2D eigenvalue weighted by molar-refractivity contribution is -0.384. The highest BCUT2D eigenvalue weighted by atomic mass is 127. The lowest BCUT2D eigenvalue weighted by Crippen LogP contribution is -2.47. The molecule has 2 atom stereocenters. The lowest BCUT2D eigenvalue weighted by Gasteiger charge is -2.22. The van der Waals surface area contributed by atoms with Crippen LogP contribution in [0.1, 0.15) is 38.2 Å². The van der Waals surface area contributed by atoms with E-state index < -0.39 is 4.92 Å². The number of ether oxygens (including phenoxy) is 1. The second-order valence-electron chi connectivity index (χ2n) is 6.49. The summed E-state index contributed by atoms with van der Waals surface area (Å²) >= 11 is 0. The standard InChI is InChI=1S/C17H24N4O3.HI/c1-12(16-3-2-10-24-16)19-17(20-14-6-7-14)18-11-13-4-8-15(9-5-13)21(22)23;/h4-5,8-9,12,14,16H,2-3,6-7,10-11H2,1H3,(H2,18,19,20);1H. The number of halogens is 1. The van der Waals surface area contributed by atoms with Gasteiger partial charge in [0.05, 0.1) is 23.6 Å². The third kappa shape index (κ3) is 6.10. The molecule has 0 bridgehead atoms. The zero-order valence-corrected chi connectivity index (χ0v) is 16.6. The summed E-state index contributed by atoms with van der Waals surface area (Å²) in [4.78, 5) is 14.9. The Hall–Kier alpha value is -1.42. The molecule has 1 saturated heterocycles. The van der Waals surface area contributed by atoms with E-state index in [0.29, 0.717) is 12.6 Å². The summed E-state index contributed by atoms with van der Waals surface area (Å²) in [5.41, 5.74) is 1.05. The van der Waals surface area contributed by atoms with E-state index in [0.717, 1.165) is 31.0 Å². The van der Waals surface area contributed by atoms with Crippen molar-refractivity contribution in [1.82, 2.24) is 10.6 Å². The molecule has 7 nitrogen and oxygen atoms in total. The molecular weight excluding hydrogens is 435 g/mol. The molecule has 1 aromatic carbocycles. The number of aliphatic imine (C=N–C) groups is 1. The highest BCUT2D eigenvalue weighted by Crippen LogP contribution is 2.19. The number of non-ortho nitro benzene ring substituents is 1. The first-order valence-electron chi connectivity index (χ1n) is 8.54. The summed E-state index contributed by atoms with van der Waals surface area (Å²) in [6, 6.07) is 7.24. The summed E-state index contributed by atoms with van der Waals surface area (Å²) in [6.07, 6.45) is 4.77. The minimum absolute atomic E-state index is 0. The molecule has 0 radical (unpaired) electrons. The Morgan fingerprint density at radius 1 is 1.36 bits per heavy atom. The predicted octanol–water partition coefficient (Wildman–Crippen LogP) is 2.98. The fraction of sp³-hybridized carbons (Fsp3) is 0.588. The molecule has 1 aliphatic carbocycles. The normalized spacial score (nSPS) is 21.3. The van der Waals surface area contributed by atoms with Crippen LogP contribution in [-0.2, 0) is 11.3 Å². The number of rotatable bonds is 6. The summed E-state index contributed by atoms with van der Waals surface area (Å²) in [5.74, 6) is 0.791. The maximum atomic E-state index is 10.7. The second-order valence-corrected chi connectivity index (χ2v) is 6.49. The van der Waals surface area contributed by atoms with Crippen LogP contribution in [-0.4, -0.2) is 35.7 Å². The van der Waals surface area contributed by atoms with E-state index in [4.69, 9.17) is 4.74 Å². The molecule has 2 fully saturated rings. The molecule has 1 aliphatic heterocycles. The van der Waals surface area contributed by atoms with Crippen LogP contribution >= 0.6 is 24.0 Å². The van der Waals surface area contributed by atoms with Crippen LogP contribution in [0.15, 0.2) is 29.3 Å². The van der Waals surface area contributed by atoms with E-state index in [9.17, 15) is 10.1 Å². The third-order valence-electron chi connectivity index (χ3n) is 4.37. The monoisotopic (exact) mass is 460 g/mol. The molecule has 2 aliphatic rings. The van der Waals surface area contributed by atoms with Gasteiger partial charge in [0.2, 0.25) is 0 Å². The van der Waals surface area contributed by atoms with Gasteiger partial charge in [-0.2, -0.15) is 0 Å². The summed E-state index contributed by atoms with van der Waals surface area (Å²) in [6.45, 7) is 3.44. The number of nitro benzene ring substituents is 1. The number of nitrogens with one attached hydrogen (secondary N) is 2. The van der Waals surface area contributed by atoms with Crippen molar-refractivity contribution in [3.63, 3.8) is 0 Å². The second kappa shape index (κ2) is 9.33. The van der Waals surface area contributed by atoms with Crippen LogP contribution in [0.5, 0.6) is 0 Å². The van der Waals surface area contributed by atoms with Gasteiger partial charge in [0.1, 0.15) is 0 Å². The number of hydrogen-bond donors (Lipinski definition) is 2. The number of nitrogens with zero attached hydrogens (tertiary/aromatic N) is 2. The molecule has 3 rings (SSSR count). The minimum Gasteiger partial charge on any atom is -0.376 e. The van der Waals surface area contributed by atoms with Crippen LogP contribution < -0.4 is 10.6 Å². The lowest BCUT2D eigenvalue weighted by atomic mass is 10.1. The van der Waals surface area contributed by atoms with Crippen molar-refractivity contribution in [3.05, 3.63) is 39.9 Å². The largest absolute Gasteiger partial charge is 0.376 e. The molecule has 25 heavy (non-hydrogen) atoms. The quantitative estimate of drug-likeness (QED) is 0.224. The Morgan fingerprint density at radius 2 is 2.08 bits per heavy atom. The van der Waals surface area contributed by atoms with E-state index in [2.05, 4.69) is 22.5 Å². The number of benzene rings is 1. The first kappa shape index (κ1) is 19.9. The molecule has 2 N–H and O–H groups in total. The van der Waals surface area contributed by atoms with Crippen molar-refractivity contribution in [1.29, 1.82) is 0 Å². The molecule has 8 heteroatoms. The van der Waals surface area contributed by atoms with Gasteiger partial charge in [-0.25, -0.2) is 4.99 Å². The molecule has 1 aromatic rings. The Kier molecular flexibility index (Phi) is 7.42. The Bertz CT molecular complexity index is 598. The molecular formula is C17H25IN4O3. The highest BCUT2D eigenvalue weighted by Gasteiger charge is 2.26. The summed E-state index contributed by atoms with van der Waals surface area (Å²) in [5, 5.41) is 17.6. The Morgan fingerprint density at radius 3 is 2.64 bits per heavy atom. The van der Waals surface area contributed by atoms with Crippen LogP contribution in [0.3, 0.4) is 0 Å². The van der Waals surface area contributed by atoms with E-state index in [1.807, 2.05) is 0 Å². The molecule has 0 amide bonds. The Balaban J connectivity index is 0.00000225. The molecule has 1 heterocycles. The van der Waals surface area contributed by atoms with Gasteiger partial charge in [-0.05, 0) is 38.2 Å². The maximum absolute atomic E-state index is 10.7. The first-order chi connectivity index (χ1) is 11.6. The summed E-state index contributed by atoms with van der Waals surface area (Å²) < 4.78 is 5.73. The minimum atomic E-state index is -0.391. The topological polar surface area (TPSA) is 88.8 Å². The van der Waals surface area contributed by atoms with Crippen molar-refractivity contribution in [2.24, 2.45) is 4.99 Å². The molecule has 1 saturated carbocycles. The van der Waals surface area contributed by atoms with Crippen molar-refractivity contribution >= 4 is 35.6 Å². The van der Waals surface area contributed by atoms with Crippen molar-refractivity contribution in [3.8, 4) is 0 Å². The van der Waals surface area contributed by atoms with Gasteiger partial charge in [0.25, 0.3) is 5.69 Å². The molecule has 0 spiro atoms. The van der Waals surface area contributed by atoms with Gasteiger partial charge in [-0.3, -0.25) is 10.1 Å². The van der Waals surface area contributed by atoms with Crippen molar-refractivity contribution < 1.29 is 9.66 Å². The smallest absolute Gasteiger partial charge is 0.269 e. The highest BCUT2D eigenvalue weighted by molar-refractivity contribution is 14.0. The Labute approximate surface area is 164 Å². The predicted molar refractivity (Wildman–Crippen MR) is 107 cm³/mol. The molecule has 0 aromatic heterocycles. The van der Waals surface area contributed by atoms with Gasteiger partial charge in [0, 0.05) is 24.8 Å². The van der Waals surface area contributed by atoms with Gasteiger partial charge in [-0.1, -0.05) is 12.1 Å². The average Bonchev–Trinajstić information content (AvgIpc) is 3.22. The van der Waals surface area contributed by atoms with E-state index in [1.165, 1.54) is 25.0 Å². The average molecular weight is 460 g/mol. The molecule has 2 unspecified atom stereocenters. The van der Waals surface area contributed by atoms with Crippen molar-refractivity contribution in [2.75, 3.05) is 6.61 Å². The number of guanidine groups is 1. The zero-order chi connectivity index (χ0) is 16.9. The van der Waals surface area contributed by atoms with Gasteiger partial charge in [-0.15, -0.1) is 24.0 Å². The fourth-order valence-corrected chi connectivity index (χ4v) is 2.75. The van der Waals surface area contributed by atoms with Gasteiger partial charge in [0.15, 0.2) is 5.96 Å². The fourth-order valence-electron chi connectivity index (χ4n) is 2.75. The number of nitro groups is 1. The maximum Gasteiger partial charge on any atom is 0.269 e. The van der Waals surface area contributed by atoms with Crippen molar-refractivity contribution in [2.45, 2.75) is 57.3 Å². The SMILES string of the molecule is CC(NC(=NCc1ccc([N+](=O)[O-])cc1)NC1CC1)C1CCCO1.I. The van der Waals surface area contributed by atoms with Crippen LogP contribution in [0.4, 0.5) is 5.69 Å². The van der Waals surface area contributed by atoms with E-state index >= 15 is 0 Å². The first-order valence-corrected chi connectivity index (χ1v) is 8.54. The van der Waals surface area contributed by atoms with Gasteiger partial charge < -0.3 is 15.4 Å². The zero-order valence-electron chi connectivity index (χ0n) is 14.3. The van der Waals surface area contributed by atoms with Crippen LogP contribution in [0, 0.1) is 10.1 Å². The number of hydrogen-bond acceptors (Lipinski definition) is 4. The summed E-state index contributed by atoms with van der Waals surface area (Å²) in [7, 11) is 0. The van der Waals surface area contributed by atoms with Crippen LogP contribution in [0.25, 0.3) is 0 Å². The molecule has 138 valence electrons. The van der Waals surface area contributed by atoms with Gasteiger partial charge >= 0.3 is 0 Å². The van der Waals surface area contributed by atoms with E-state index in [-0.39, 0.29) is 41.8 Å².